The Labute approximate surface area is 105 Å². The molecule has 1 nitrogen and oxygen atoms in total. The SMILES string of the molecule is CCC[CH2][Sn]([Cl])([Cl])[CH2]CC(=O)C(C)(C)C. The molecule has 0 heterocycles. The third kappa shape index (κ3) is 7.87. The molecular weight excluding hydrogens is 338 g/mol. The van der Waals surface area contributed by atoms with E-state index in [0.717, 1.165) is 21.7 Å². The molecule has 0 bridgehead atoms. The second kappa shape index (κ2) is 6.70. The predicted molar refractivity (Wildman–Crippen MR) is 71.1 cm³/mol. The van der Waals surface area contributed by atoms with E-state index in [4.69, 9.17) is 17.8 Å². The number of rotatable bonds is 6. The Kier molecular flexibility index (Phi) is 7.17. The molecule has 15 heavy (non-hydrogen) atoms. The monoisotopic (exact) mass is 360 g/mol. The van der Waals surface area contributed by atoms with E-state index in [1.165, 1.54) is 0 Å². The van der Waals surface area contributed by atoms with Gasteiger partial charge in [0.15, 0.2) is 0 Å². The normalized spacial score (nSPS) is 12.9. The van der Waals surface area contributed by atoms with Gasteiger partial charge in [-0.2, -0.15) is 0 Å². The van der Waals surface area contributed by atoms with Gasteiger partial charge in [-0.1, -0.05) is 0 Å². The molecule has 0 N–H and O–H groups in total. The van der Waals surface area contributed by atoms with Crippen molar-refractivity contribution in [2.24, 2.45) is 5.41 Å². The van der Waals surface area contributed by atoms with Crippen molar-refractivity contribution in [3.05, 3.63) is 0 Å². The minimum atomic E-state index is -2.87. The number of hydrogen-bond donors (Lipinski definition) is 0. The van der Waals surface area contributed by atoms with Gasteiger partial charge >= 0.3 is 106 Å². The predicted octanol–water partition coefficient (Wildman–Crippen LogP) is 4.71. The molecule has 0 aromatic heterocycles. The number of carbonyl (C=O) groups excluding carboxylic acids is 1. The third-order valence-corrected chi connectivity index (χ3v) is 13.4. The number of hydrogen-bond acceptors (Lipinski definition) is 1. The number of unbranched alkanes of at least 4 members (excludes halogenated alkanes) is 1. The Morgan fingerprint density at radius 2 is 1.73 bits per heavy atom. The van der Waals surface area contributed by atoms with Crippen LogP contribution in [0.3, 0.4) is 0 Å². The van der Waals surface area contributed by atoms with Gasteiger partial charge in [0.05, 0.1) is 0 Å². The van der Waals surface area contributed by atoms with Gasteiger partial charge in [0, 0.05) is 0 Å². The quantitative estimate of drug-likeness (QED) is 0.627. The maximum absolute atomic E-state index is 11.7. The van der Waals surface area contributed by atoms with Crippen molar-refractivity contribution in [2.75, 3.05) is 0 Å². The van der Waals surface area contributed by atoms with Gasteiger partial charge in [0.1, 0.15) is 0 Å². The Bertz CT molecular complexity index is 209. The molecule has 0 aliphatic rings. The molecule has 0 unspecified atom stereocenters. The van der Waals surface area contributed by atoms with E-state index >= 15 is 0 Å². The Balaban J connectivity index is 3.98. The van der Waals surface area contributed by atoms with E-state index in [0.29, 0.717) is 6.42 Å². The summed E-state index contributed by atoms with van der Waals surface area (Å²) in [5, 5.41) is 0. The van der Waals surface area contributed by atoms with Gasteiger partial charge in [0.25, 0.3) is 0 Å². The fourth-order valence-electron chi connectivity index (χ4n) is 1.23. The van der Waals surface area contributed by atoms with E-state index in [1.54, 1.807) is 0 Å². The molecule has 0 fully saturated rings. The second-order valence-electron chi connectivity index (χ2n) is 5.13. The first-order valence-electron chi connectivity index (χ1n) is 5.60. The van der Waals surface area contributed by atoms with E-state index < -0.39 is 16.1 Å². The van der Waals surface area contributed by atoms with Crippen molar-refractivity contribution >= 4 is 39.7 Å². The van der Waals surface area contributed by atoms with E-state index in [9.17, 15) is 4.79 Å². The third-order valence-electron chi connectivity index (χ3n) is 2.45. The molecule has 0 amide bonds. The molecule has 0 atom stereocenters. The van der Waals surface area contributed by atoms with Crippen LogP contribution in [0.5, 0.6) is 0 Å². The first-order valence-corrected chi connectivity index (χ1v) is 16.9. The van der Waals surface area contributed by atoms with Crippen LogP contribution in [0.4, 0.5) is 0 Å². The number of halogens is 2. The van der Waals surface area contributed by atoms with Crippen LogP contribution >= 0.6 is 17.8 Å². The van der Waals surface area contributed by atoms with Gasteiger partial charge in [-0.15, -0.1) is 0 Å². The van der Waals surface area contributed by atoms with Gasteiger partial charge < -0.3 is 0 Å². The van der Waals surface area contributed by atoms with Crippen molar-refractivity contribution < 1.29 is 4.79 Å². The average molecular weight is 360 g/mol. The van der Waals surface area contributed by atoms with Crippen LogP contribution in [0.1, 0.15) is 47.0 Å². The summed E-state index contributed by atoms with van der Waals surface area (Å²) in [7, 11) is 12.7. The van der Waals surface area contributed by atoms with Crippen molar-refractivity contribution in [2.45, 2.75) is 55.8 Å². The molecule has 0 saturated carbocycles. The van der Waals surface area contributed by atoms with Crippen molar-refractivity contribution in [1.82, 2.24) is 0 Å². The van der Waals surface area contributed by atoms with Crippen molar-refractivity contribution in [1.29, 1.82) is 0 Å². The number of ketones is 1. The first kappa shape index (κ1) is 16.0. The summed E-state index contributed by atoms with van der Waals surface area (Å²) in [6.07, 6.45) is 2.80. The average Bonchev–Trinajstić information content (AvgIpc) is 2.09. The summed E-state index contributed by atoms with van der Waals surface area (Å²) in [6, 6.07) is 0. The summed E-state index contributed by atoms with van der Waals surface area (Å²) in [6.45, 7) is 7.97. The first-order chi connectivity index (χ1) is 6.69. The van der Waals surface area contributed by atoms with Gasteiger partial charge in [0.2, 0.25) is 0 Å². The molecule has 0 radical (unpaired) electrons. The van der Waals surface area contributed by atoms with Crippen LogP contribution in [0, 0.1) is 5.41 Å². The van der Waals surface area contributed by atoms with E-state index in [-0.39, 0.29) is 11.2 Å². The van der Waals surface area contributed by atoms with Crippen molar-refractivity contribution in [3.8, 4) is 0 Å². The molecule has 90 valence electrons. The van der Waals surface area contributed by atoms with Crippen LogP contribution < -0.4 is 0 Å². The van der Waals surface area contributed by atoms with E-state index in [1.807, 2.05) is 20.8 Å². The van der Waals surface area contributed by atoms with Gasteiger partial charge in [-0.25, -0.2) is 0 Å². The van der Waals surface area contributed by atoms with Gasteiger partial charge in [-0.05, 0) is 0 Å². The molecule has 0 spiro atoms. The topological polar surface area (TPSA) is 17.1 Å². The molecule has 0 aromatic rings. The van der Waals surface area contributed by atoms with Crippen LogP contribution in [0.25, 0.3) is 0 Å². The zero-order valence-corrected chi connectivity index (χ0v) is 14.6. The van der Waals surface area contributed by atoms with Crippen LogP contribution in [-0.2, 0) is 4.79 Å². The summed E-state index contributed by atoms with van der Waals surface area (Å²) >= 11 is -2.87. The molecule has 0 aliphatic heterocycles. The van der Waals surface area contributed by atoms with Crippen LogP contribution in [0.2, 0.25) is 8.87 Å². The summed E-state index contributed by atoms with van der Waals surface area (Å²) in [5.41, 5.74) is -0.250. The summed E-state index contributed by atoms with van der Waals surface area (Å²) < 4.78 is 1.75. The van der Waals surface area contributed by atoms with E-state index in [2.05, 4.69) is 6.92 Å². The summed E-state index contributed by atoms with van der Waals surface area (Å²) in [4.78, 5) is 11.7. The maximum atomic E-state index is 11.7. The molecule has 0 saturated heterocycles. The Morgan fingerprint density at radius 3 is 2.13 bits per heavy atom. The van der Waals surface area contributed by atoms with Crippen LogP contribution in [0.15, 0.2) is 0 Å². The number of carbonyl (C=O) groups is 1. The standard InChI is InChI=1S/C7H13O.C4H9.2ClH.Sn/c1-5-6(8)7(2,3)4;1-3-4-2;;;/h1,5H2,2-4H3;1,3-4H2,2H3;2*1H;/q;;;;+2/p-2. The molecule has 0 aromatic carbocycles. The fraction of sp³-hybridized carbons (Fsp3) is 0.909. The summed E-state index contributed by atoms with van der Waals surface area (Å²) in [5.74, 6) is 0.279. The zero-order valence-electron chi connectivity index (χ0n) is 10.2. The molecule has 0 rings (SSSR count). The Hall–Kier alpha value is 1.05. The second-order valence-corrected chi connectivity index (χ2v) is 23.9. The molecular formula is C11H22Cl2OSn. The molecule has 4 heteroatoms. The fourth-order valence-corrected chi connectivity index (χ4v) is 9.18. The zero-order chi connectivity index (χ0) is 12.1. The number of Topliss-reactive ketones (excluding diaryl/α,β-unsaturated/α-hetero) is 1. The van der Waals surface area contributed by atoms with Crippen molar-refractivity contribution in [3.63, 3.8) is 0 Å². The Morgan fingerprint density at radius 1 is 1.20 bits per heavy atom. The van der Waals surface area contributed by atoms with Gasteiger partial charge in [-0.3, -0.25) is 0 Å². The van der Waals surface area contributed by atoms with Crippen LogP contribution in [-0.4, -0.2) is 21.9 Å². The minimum absolute atomic E-state index is 0.250. The molecule has 0 aliphatic carbocycles.